The molecule has 0 atom stereocenters. The SMILES string of the molecule is C=CCn1c(C)nnc1SCC(=O)NC(C)(C)C. The molecule has 0 spiro atoms. The molecule has 1 rings (SSSR count). The summed E-state index contributed by atoms with van der Waals surface area (Å²) in [6.07, 6.45) is 1.79. The maximum atomic E-state index is 11.7. The van der Waals surface area contributed by atoms with Gasteiger partial charge in [-0.25, -0.2) is 0 Å². The monoisotopic (exact) mass is 268 g/mol. The highest BCUT2D eigenvalue weighted by Crippen LogP contribution is 2.16. The van der Waals surface area contributed by atoms with Crippen molar-refractivity contribution in [2.45, 2.75) is 44.9 Å². The number of rotatable bonds is 5. The van der Waals surface area contributed by atoms with E-state index >= 15 is 0 Å². The van der Waals surface area contributed by atoms with Gasteiger partial charge in [0.15, 0.2) is 5.16 Å². The van der Waals surface area contributed by atoms with E-state index < -0.39 is 0 Å². The molecule has 0 aliphatic heterocycles. The summed E-state index contributed by atoms with van der Waals surface area (Å²) in [5.41, 5.74) is -0.206. The average molecular weight is 268 g/mol. The van der Waals surface area contributed by atoms with E-state index in [0.29, 0.717) is 12.3 Å². The smallest absolute Gasteiger partial charge is 0.230 e. The molecular weight excluding hydrogens is 248 g/mol. The molecule has 0 aliphatic carbocycles. The number of hydrogen-bond donors (Lipinski definition) is 1. The van der Waals surface area contributed by atoms with Gasteiger partial charge in [0.25, 0.3) is 0 Å². The molecule has 100 valence electrons. The van der Waals surface area contributed by atoms with Gasteiger partial charge in [0.2, 0.25) is 5.91 Å². The molecule has 1 N–H and O–H groups in total. The Kier molecular flexibility index (Phi) is 4.95. The van der Waals surface area contributed by atoms with E-state index in [1.54, 1.807) is 6.08 Å². The number of nitrogens with zero attached hydrogens (tertiary/aromatic N) is 3. The van der Waals surface area contributed by atoms with Crippen LogP contribution < -0.4 is 5.32 Å². The minimum Gasteiger partial charge on any atom is -0.351 e. The van der Waals surface area contributed by atoms with Crippen molar-refractivity contribution < 1.29 is 4.79 Å². The van der Waals surface area contributed by atoms with Crippen molar-refractivity contribution in [2.24, 2.45) is 0 Å². The van der Waals surface area contributed by atoms with E-state index in [0.717, 1.165) is 11.0 Å². The van der Waals surface area contributed by atoms with E-state index in [4.69, 9.17) is 0 Å². The molecule has 0 radical (unpaired) electrons. The Balaban J connectivity index is 2.58. The van der Waals surface area contributed by atoms with Crippen molar-refractivity contribution in [3.63, 3.8) is 0 Å². The van der Waals surface area contributed by atoms with Gasteiger partial charge in [-0.3, -0.25) is 4.79 Å². The van der Waals surface area contributed by atoms with Crippen molar-refractivity contribution in [2.75, 3.05) is 5.75 Å². The first-order valence-corrected chi connectivity index (χ1v) is 6.76. The average Bonchev–Trinajstić information content (AvgIpc) is 2.56. The van der Waals surface area contributed by atoms with Crippen LogP contribution in [0, 0.1) is 6.92 Å². The maximum Gasteiger partial charge on any atom is 0.230 e. The second kappa shape index (κ2) is 6.04. The minimum absolute atomic E-state index is 0.00157. The van der Waals surface area contributed by atoms with E-state index in [2.05, 4.69) is 22.1 Å². The Labute approximate surface area is 112 Å². The summed E-state index contributed by atoms with van der Waals surface area (Å²) < 4.78 is 1.93. The van der Waals surface area contributed by atoms with Crippen LogP contribution in [0.1, 0.15) is 26.6 Å². The highest BCUT2D eigenvalue weighted by Gasteiger charge is 2.15. The fraction of sp³-hybridized carbons (Fsp3) is 0.583. The quantitative estimate of drug-likeness (QED) is 0.653. The topological polar surface area (TPSA) is 59.8 Å². The molecule has 0 aliphatic rings. The number of amides is 1. The standard InChI is InChI=1S/C12H20N4OS/c1-6-7-16-9(2)14-15-11(16)18-8-10(17)13-12(3,4)5/h6H,1,7-8H2,2-5H3,(H,13,17). The van der Waals surface area contributed by atoms with Crippen LogP contribution in [-0.2, 0) is 11.3 Å². The Morgan fingerprint density at radius 1 is 1.50 bits per heavy atom. The van der Waals surface area contributed by atoms with Crippen LogP contribution in [0.5, 0.6) is 0 Å². The maximum absolute atomic E-state index is 11.7. The molecule has 0 saturated carbocycles. The van der Waals surface area contributed by atoms with Gasteiger partial charge in [0.1, 0.15) is 5.82 Å². The summed E-state index contributed by atoms with van der Waals surface area (Å²) in [5, 5.41) is 11.7. The zero-order valence-electron chi connectivity index (χ0n) is 11.4. The molecule has 1 heterocycles. The van der Waals surface area contributed by atoms with E-state index in [1.807, 2.05) is 32.3 Å². The summed E-state index contributed by atoms with van der Waals surface area (Å²) in [7, 11) is 0. The number of thioether (sulfide) groups is 1. The van der Waals surface area contributed by atoms with E-state index in [1.165, 1.54) is 11.8 Å². The molecule has 0 unspecified atom stereocenters. The molecule has 18 heavy (non-hydrogen) atoms. The van der Waals surface area contributed by atoms with Gasteiger partial charge in [-0.05, 0) is 27.7 Å². The van der Waals surface area contributed by atoms with Gasteiger partial charge in [-0.1, -0.05) is 17.8 Å². The lowest BCUT2D eigenvalue weighted by atomic mass is 10.1. The van der Waals surface area contributed by atoms with Crippen molar-refractivity contribution >= 4 is 17.7 Å². The number of allylic oxidation sites excluding steroid dienone is 1. The number of aromatic nitrogens is 3. The minimum atomic E-state index is -0.206. The summed E-state index contributed by atoms with van der Waals surface area (Å²) in [5.74, 6) is 1.17. The third-order valence-corrected chi connectivity index (χ3v) is 3.03. The van der Waals surface area contributed by atoms with Crippen LogP contribution in [0.2, 0.25) is 0 Å². The molecule has 5 nitrogen and oxygen atoms in total. The van der Waals surface area contributed by atoms with Crippen molar-refractivity contribution in [3.05, 3.63) is 18.5 Å². The van der Waals surface area contributed by atoms with Crippen LogP contribution >= 0.6 is 11.8 Å². The Hall–Kier alpha value is -1.30. The van der Waals surface area contributed by atoms with Crippen LogP contribution in [-0.4, -0.2) is 32.0 Å². The first-order chi connectivity index (χ1) is 8.33. The molecule has 0 saturated heterocycles. The van der Waals surface area contributed by atoms with Gasteiger partial charge < -0.3 is 9.88 Å². The number of hydrogen-bond acceptors (Lipinski definition) is 4. The molecule has 0 fully saturated rings. The second-order valence-corrected chi connectivity index (χ2v) is 5.96. The Morgan fingerprint density at radius 2 is 2.17 bits per heavy atom. The summed E-state index contributed by atoms with van der Waals surface area (Å²) in [6, 6.07) is 0. The normalized spacial score (nSPS) is 11.3. The van der Waals surface area contributed by atoms with Crippen LogP contribution in [0.4, 0.5) is 0 Å². The summed E-state index contributed by atoms with van der Waals surface area (Å²) in [4.78, 5) is 11.7. The molecule has 6 heteroatoms. The Bertz CT molecular complexity index is 434. The van der Waals surface area contributed by atoms with Gasteiger partial charge in [0, 0.05) is 12.1 Å². The zero-order valence-corrected chi connectivity index (χ0v) is 12.2. The predicted molar refractivity (Wildman–Crippen MR) is 73.6 cm³/mol. The lowest BCUT2D eigenvalue weighted by Crippen LogP contribution is -2.41. The van der Waals surface area contributed by atoms with Gasteiger partial charge >= 0.3 is 0 Å². The second-order valence-electron chi connectivity index (χ2n) is 5.02. The molecule has 1 amide bonds. The van der Waals surface area contributed by atoms with Crippen molar-refractivity contribution in [1.82, 2.24) is 20.1 Å². The van der Waals surface area contributed by atoms with Gasteiger partial charge in [-0.2, -0.15) is 0 Å². The fourth-order valence-corrected chi connectivity index (χ4v) is 2.19. The lowest BCUT2D eigenvalue weighted by molar-refractivity contribution is -0.119. The number of carbonyl (C=O) groups excluding carboxylic acids is 1. The molecular formula is C12H20N4OS. The first-order valence-electron chi connectivity index (χ1n) is 5.78. The third kappa shape index (κ3) is 4.52. The molecule has 0 aromatic carbocycles. The van der Waals surface area contributed by atoms with Crippen molar-refractivity contribution in [3.8, 4) is 0 Å². The molecule has 1 aromatic heterocycles. The summed E-state index contributed by atoms with van der Waals surface area (Å²) in [6.45, 7) is 12.1. The van der Waals surface area contributed by atoms with Crippen molar-refractivity contribution in [1.29, 1.82) is 0 Å². The van der Waals surface area contributed by atoms with Crippen LogP contribution in [0.15, 0.2) is 17.8 Å². The zero-order chi connectivity index (χ0) is 13.8. The van der Waals surface area contributed by atoms with Crippen LogP contribution in [0.25, 0.3) is 0 Å². The fourth-order valence-electron chi connectivity index (χ4n) is 1.39. The van der Waals surface area contributed by atoms with E-state index in [9.17, 15) is 4.79 Å². The third-order valence-electron chi connectivity index (χ3n) is 2.06. The van der Waals surface area contributed by atoms with Crippen LogP contribution in [0.3, 0.4) is 0 Å². The number of aryl methyl sites for hydroxylation is 1. The highest BCUT2D eigenvalue weighted by atomic mass is 32.2. The van der Waals surface area contributed by atoms with Gasteiger partial charge in [0.05, 0.1) is 5.75 Å². The largest absolute Gasteiger partial charge is 0.351 e. The number of nitrogens with one attached hydrogen (secondary N) is 1. The highest BCUT2D eigenvalue weighted by molar-refractivity contribution is 7.99. The Morgan fingerprint density at radius 3 is 2.72 bits per heavy atom. The molecule has 0 bridgehead atoms. The van der Waals surface area contributed by atoms with E-state index in [-0.39, 0.29) is 11.4 Å². The summed E-state index contributed by atoms with van der Waals surface area (Å²) >= 11 is 1.39. The first kappa shape index (κ1) is 14.8. The predicted octanol–water partition coefficient (Wildman–Crippen LogP) is 1.78. The number of carbonyl (C=O) groups is 1. The van der Waals surface area contributed by atoms with Gasteiger partial charge in [-0.15, -0.1) is 16.8 Å². The lowest BCUT2D eigenvalue weighted by Gasteiger charge is -2.20. The molecule has 1 aromatic rings.